The van der Waals surface area contributed by atoms with Crippen LogP contribution in [0, 0.1) is 5.92 Å². The molecule has 0 aromatic heterocycles. The molecule has 1 N–H and O–H groups in total. The Morgan fingerprint density at radius 1 is 1.00 bits per heavy atom. The van der Waals surface area contributed by atoms with E-state index in [1.165, 1.54) is 0 Å². The Bertz CT molecular complexity index is 1080. The fraction of sp³-hybridized carbons (Fsp3) is 0.227. The number of aromatic hydroxyl groups is 1. The molecule has 0 bridgehead atoms. The molecule has 0 radical (unpaired) electrons. The molecule has 27 heavy (non-hydrogen) atoms. The maximum absolute atomic E-state index is 13.3. The van der Waals surface area contributed by atoms with Crippen LogP contribution in [0.2, 0.25) is 0 Å². The van der Waals surface area contributed by atoms with E-state index in [4.69, 9.17) is 4.99 Å². The van der Waals surface area contributed by atoms with Crippen molar-refractivity contribution in [3.63, 3.8) is 0 Å². The van der Waals surface area contributed by atoms with E-state index in [0.717, 1.165) is 34.3 Å². The number of fused-ring (bicyclic) bond motifs is 3. The molecule has 0 spiro atoms. The summed E-state index contributed by atoms with van der Waals surface area (Å²) in [6.45, 7) is 0. The van der Waals surface area contributed by atoms with Crippen molar-refractivity contribution in [1.82, 2.24) is 0 Å². The van der Waals surface area contributed by atoms with Crippen molar-refractivity contribution < 1.29 is 14.7 Å². The monoisotopic (exact) mass is 421 g/mol. The fourth-order valence-corrected chi connectivity index (χ4v) is 4.94. The van der Waals surface area contributed by atoms with E-state index in [-0.39, 0.29) is 17.3 Å². The number of Topliss-reactive ketones (excluding diaryl/α,β-unsaturated/α-hetero) is 2. The van der Waals surface area contributed by atoms with Crippen LogP contribution >= 0.6 is 15.9 Å². The van der Waals surface area contributed by atoms with Gasteiger partial charge in [-0.25, -0.2) is 0 Å². The zero-order chi connectivity index (χ0) is 18.7. The minimum Gasteiger partial charge on any atom is -0.508 e. The van der Waals surface area contributed by atoms with Gasteiger partial charge in [0, 0.05) is 44.8 Å². The highest BCUT2D eigenvalue weighted by Crippen LogP contribution is 2.50. The standard InChI is InChI=1S/C22H16BrNO3/c23-11-8-9-16(25)14(10-11)18-19-15(6-3-7-17(19)26)24-21-12-4-1-2-5-13(12)22(27)20(18)21/h1-2,4-5,8-10,18,20,25H,3,6-7H2/t18-,20-/m1/s1. The zero-order valence-electron chi connectivity index (χ0n) is 14.4. The lowest BCUT2D eigenvalue weighted by Gasteiger charge is -2.33. The van der Waals surface area contributed by atoms with Crippen LogP contribution < -0.4 is 0 Å². The molecule has 2 aromatic carbocycles. The number of rotatable bonds is 1. The van der Waals surface area contributed by atoms with Crippen LogP contribution in [0.5, 0.6) is 5.75 Å². The van der Waals surface area contributed by atoms with Gasteiger partial charge in [0.2, 0.25) is 0 Å². The average molecular weight is 422 g/mol. The number of phenols is 1. The van der Waals surface area contributed by atoms with Crippen molar-refractivity contribution in [3.05, 3.63) is 74.9 Å². The van der Waals surface area contributed by atoms with Crippen LogP contribution in [0.3, 0.4) is 0 Å². The van der Waals surface area contributed by atoms with Gasteiger partial charge < -0.3 is 5.11 Å². The third-order valence-electron chi connectivity index (χ3n) is 5.70. The first-order chi connectivity index (χ1) is 13.1. The van der Waals surface area contributed by atoms with Gasteiger partial charge in [-0.1, -0.05) is 40.2 Å². The van der Waals surface area contributed by atoms with Crippen LogP contribution in [0.15, 0.2) is 63.2 Å². The van der Waals surface area contributed by atoms with E-state index in [0.29, 0.717) is 23.1 Å². The molecule has 2 aliphatic carbocycles. The van der Waals surface area contributed by atoms with Crippen LogP contribution in [-0.2, 0) is 4.79 Å². The lowest BCUT2D eigenvalue weighted by molar-refractivity contribution is -0.116. The van der Waals surface area contributed by atoms with Crippen molar-refractivity contribution >= 4 is 33.2 Å². The number of phenolic OH excluding ortho intramolecular Hbond substituents is 1. The molecule has 2 aromatic rings. The number of hydrogen-bond acceptors (Lipinski definition) is 4. The van der Waals surface area contributed by atoms with Gasteiger partial charge in [0.05, 0.1) is 11.6 Å². The minimum atomic E-state index is -0.566. The van der Waals surface area contributed by atoms with Crippen molar-refractivity contribution in [1.29, 1.82) is 0 Å². The number of allylic oxidation sites excluding steroid dienone is 2. The van der Waals surface area contributed by atoms with E-state index >= 15 is 0 Å². The van der Waals surface area contributed by atoms with Crippen molar-refractivity contribution in [2.75, 3.05) is 0 Å². The summed E-state index contributed by atoms with van der Waals surface area (Å²) >= 11 is 3.45. The molecule has 0 amide bonds. The van der Waals surface area contributed by atoms with Gasteiger partial charge >= 0.3 is 0 Å². The summed E-state index contributed by atoms with van der Waals surface area (Å²) in [5, 5.41) is 10.6. The highest BCUT2D eigenvalue weighted by molar-refractivity contribution is 9.10. The summed E-state index contributed by atoms with van der Waals surface area (Å²) in [4.78, 5) is 30.9. The fourth-order valence-electron chi connectivity index (χ4n) is 4.56. The SMILES string of the molecule is O=C1CCCC2=C1[C@@H](c1cc(Br)ccc1O)[C@H]1C(=O)c3ccccc3C1=N2. The first-order valence-electron chi connectivity index (χ1n) is 9.03. The predicted molar refractivity (Wildman–Crippen MR) is 105 cm³/mol. The molecule has 0 saturated carbocycles. The summed E-state index contributed by atoms with van der Waals surface area (Å²) in [5.74, 6) is -0.967. The van der Waals surface area contributed by atoms with Crippen LogP contribution in [0.4, 0.5) is 0 Å². The van der Waals surface area contributed by atoms with Crippen molar-refractivity contribution in [3.8, 4) is 5.75 Å². The molecule has 5 heteroatoms. The second-order valence-corrected chi connectivity index (χ2v) is 8.12. The Labute approximate surface area is 164 Å². The number of benzene rings is 2. The Kier molecular flexibility index (Phi) is 3.69. The molecule has 0 fully saturated rings. The number of aliphatic imine (C=N–C) groups is 1. The van der Waals surface area contributed by atoms with Gasteiger partial charge in [0.15, 0.2) is 11.6 Å². The van der Waals surface area contributed by atoms with Gasteiger partial charge in [-0.2, -0.15) is 0 Å². The summed E-state index contributed by atoms with van der Waals surface area (Å²) in [6.07, 6.45) is 1.95. The third-order valence-corrected chi connectivity index (χ3v) is 6.19. The van der Waals surface area contributed by atoms with E-state index in [2.05, 4.69) is 15.9 Å². The maximum atomic E-state index is 13.3. The molecule has 134 valence electrons. The van der Waals surface area contributed by atoms with Gasteiger partial charge in [-0.15, -0.1) is 0 Å². The molecule has 4 nitrogen and oxygen atoms in total. The van der Waals surface area contributed by atoms with Crippen LogP contribution in [0.1, 0.15) is 46.7 Å². The summed E-state index contributed by atoms with van der Waals surface area (Å²) in [6, 6.07) is 12.6. The summed E-state index contributed by atoms with van der Waals surface area (Å²) in [5.41, 5.74) is 4.19. The number of nitrogens with zero attached hydrogens (tertiary/aromatic N) is 1. The topological polar surface area (TPSA) is 66.7 Å². The van der Waals surface area contributed by atoms with Crippen LogP contribution in [0.25, 0.3) is 0 Å². The number of carbonyl (C=O) groups is 2. The quantitative estimate of drug-likeness (QED) is 0.733. The normalized spacial score (nSPS) is 23.7. The van der Waals surface area contributed by atoms with Gasteiger partial charge in [0.25, 0.3) is 0 Å². The molecule has 2 atom stereocenters. The van der Waals surface area contributed by atoms with Gasteiger partial charge in [0.1, 0.15) is 5.75 Å². The molecule has 1 heterocycles. The summed E-state index contributed by atoms with van der Waals surface area (Å²) < 4.78 is 0.799. The van der Waals surface area contributed by atoms with Crippen molar-refractivity contribution in [2.45, 2.75) is 25.2 Å². The van der Waals surface area contributed by atoms with Crippen molar-refractivity contribution in [2.24, 2.45) is 10.9 Å². The summed E-state index contributed by atoms with van der Waals surface area (Å²) in [7, 11) is 0. The van der Waals surface area contributed by atoms with E-state index in [9.17, 15) is 14.7 Å². The van der Waals surface area contributed by atoms with E-state index in [1.54, 1.807) is 12.1 Å². The Morgan fingerprint density at radius 2 is 1.78 bits per heavy atom. The first kappa shape index (κ1) is 16.6. The lowest BCUT2D eigenvalue weighted by Crippen LogP contribution is -2.33. The Hall–Kier alpha value is -2.53. The number of halogens is 1. The Balaban J connectivity index is 1.80. The Morgan fingerprint density at radius 3 is 2.59 bits per heavy atom. The second kappa shape index (κ2) is 5.99. The van der Waals surface area contributed by atoms with E-state index < -0.39 is 11.8 Å². The maximum Gasteiger partial charge on any atom is 0.173 e. The number of carbonyl (C=O) groups excluding carboxylic acids is 2. The zero-order valence-corrected chi connectivity index (χ0v) is 16.0. The molecule has 5 rings (SSSR count). The predicted octanol–water partition coefficient (Wildman–Crippen LogP) is 4.56. The molecule has 3 aliphatic rings. The smallest absolute Gasteiger partial charge is 0.173 e. The molecule has 0 saturated heterocycles. The second-order valence-electron chi connectivity index (χ2n) is 7.20. The average Bonchev–Trinajstić information content (AvgIpc) is 2.95. The first-order valence-corrected chi connectivity index (χ1v) is 9.82. The highest BCUT2D eigenvalue weighted by atomic mass is 79.9. The molecule has 0 unspecified atom stereocenters. The molecule has 1 aliphatic heterocycles. The molecular formula is C22H16BrNO3. The third kappa shape index (κ3) is 2.38. The number of hydrogen-bond donors (Lipinski definition) is 1. The largest absolute Gasteiger partial charge is 0.508 e. The minimum absolute atomic E-state index is 0.0290. The lowest BCUT2D eigenvalue weighted by atomic mass is 9.71. The highest BCUT2D eigenvalue weighted by Gasteiger charge is 2.49. The van der Waals surface area contributed by atoms with Gasteiger partial charge in [-0.05, 0) is 31.0 Å². The van der Waals surface area contributed by atoms with Gasteiger partial charge in [-0.3, -0.25) is 14.6 Å². The van der Waals surface area contributed by atoms with Crippen LogP contribution in [-0.4, -0.2) is 22.4 Å². The van der Waals surface area contributed by atoms with E-state index in [1.807, 2.05) is 30.3 Å². The molecular weight excluding hydrogens is 406 g/mol. The number of ketones is 2.